The highest BCUT2D eigenvalue weighted by atomic mass is 16.1. The number of aromatic amines is 1. The van der Waals surface area contributed by atoms with Crippen LogP contribution in [-0.2, 0) is 0 Å². The van der Waals surface area contributed by atoms with Crippen LogP contribution in [0.5, 0.6) is 0 Å². The van der Waals surface area contributed by atoms with Gasteiger partial charge in [-0.25, -0.2) is 4.98 Å². The Morgan fingerprint density at radius 2 is 2.00 bits per heavy atom. The molecule has 1 amide bonds. The minimum absolute atomic E-state index is 0.139. The first-order valence-electron chi connectivity index (χ1n) is 12.9. The van der Waals surface area contributed by atoms with E-state index in [4.69, 9.17) is 0 Å². The van der Waals surface area contributed by atoms with E-state index < -0.39 is 0 Å². The number of amides is 1. The average Bonchev–Trinajstić information content (AvgIpc) is 3.64. The number of likely N-dealkylation sites (tertiary alicyclic amines) is 1. The first-order chi connectivity index (χ1) is 17.5. The molecule has 0 radical (unpaired) electrons. The number of hydrogen-bond donors (Lipinski definition) is 2. The van der Waals surface area contributed by atoms with E-state index in [1.54, 1.807) is 6.20 Å². The maximum atomic E-state index is 13.1. The molecule has 0 aliphatic carbocycles. The van der Waals surface area contributed by atoms with Crippen molar-refractivity contribution in [1.82, 2.24) is 19.9 Å². The van der Waals surface area contributed by atoms with Crippen molar-refractivity contribution in [3.63, 3.8) is 0 Å². The van der Waals surface area contributed by atoms with Crippen molar-refractivity contribution >= 4 is 28.3 Å². The fourth-order valence-corrected chi connectivity index (χ4v) is 5.70. The average molecular weight is 481 g/mol. The van der Waals surface area contributed by atoms with Gasteiger partial charge in [-0.05, 0) is 93.7 Å². The van der Waals surface area contributed by atoms with Crippen molar-refractivity contribution in [3.05, 3.63) is 71.9 Å². The Hall–Kier alpha value is -3.71. The molecule has 2 aromatic heterocycles. The molecule has 2 saturated heterocycles. The smallest absolute Gasteiger partial charge is 0.255 e. The zero-order valence-corrected chi connectivity index (χ0v) is 20.9. The largest absolute Gasteiger partial charge is 0.370 e. The van der Waals surface area contributed by atoms with Crippen molar-refractivity contribution < 1.29 is 4.79 Å². The highest BCUT2D eigenvalue weighted by Crippen LogP contribution is 2.30. The maximum Gasteiger partial charge on any atom is 0.255 e. The van der Waals surface area contributed by atoms with Crippen LogP contribution in [-0.4, -0.2) is 57.5 Å². The third kappa shape index (κ3) is 4.35. The molecule has 0 saturated carbocycles. The lowest BCUT2D eigenvalue weighted by atomic mass is 10.1. The number of fused-ring (bicyclic) bond motifs is 1. The van der Waals surface area contributed by atoms with Crippen molar-refractivity contribution in [2.45, 2.75) is 45.2 Å². The van der Waals surface area contributed by atoms with E-state index in [0.717, 1.165) is 41.1 Å². The molecule has 7 nitrogen and oxygen atoms in total. The summed E-state index contributed by atoms with van der Waals surface area (Å²) in [6.45, 7) is 7.83. The summed E-state index contributed by atoms with van der Waals surface area (Å²) in [4.78, 5) is 30.5. The van der Waals surface area contributed by atoms with Gasteiger partial charge in [-0.3, -0.25) is 14.7 Å². The summed E-state index contributed by atoms with van der Waals surface area (Å²) >= 11 is 0. The molecule has 2 unspecified atom stereocenters. The van der Waals surface area contributed by atoms with Gasteiger partial charge in [0, 0.05) is 48.3 Å². The Morgan fingerprint density at radius 3 is 2.78 bits per heavy atom. The number of aryl methyl sites for hydroxylation is 1. The number of carbonyl (C=O) groups is 1. The normalized spacial score (nSPS) is 20.3. The summed E-state index contributed by atoms with van der Waals surface area (Å²) in [5.74, 6) is 0.553. The molecule has 2 aromatic carbocycles. The van der Waals surface area contributed by atoms with E-state index in [-0.39, 0.29) is 5.91 Å². The number of aromatic nitrogens is 3. The molecule has 2 aliphatic heterocycles. The fourth-order valence-electron chi connectivity index (χ4n) is 5.70. The van der Waals surface area contributed by atoms with Crippen LogP contribution in [0, 0.1) is 6.92 Å². The summed E-state index contributed by atoms with van der Waals surface area (Å²) in [5, 5.41) is 3.09. The van der Waals surface area contributed by atoms with E-state index in [1.165, 1.54) is 31.5 Å². The number of rotatable bonds is 5. The second-order valence-electron chi connectivity index (χ2n) is 10.1. The Morgan fingerprint density at radius 1 is 1.08 bits per heavy atom. The Kier molecular flexibility index (Phi) is 5.93. The maximum absolute atomic E-state index is 13.1. The van der Waals surface area contributed by atoms with Gasteiger partial charge in [-0.2, -0.15) is 0 Å². The summed E-state index contributed by atoms with van der Waals surface area (Å²) in [7, 11) is 0. The molecule has 4 heterocycles. The molecule has 6 rings (SSSR count). The number of nitrogens with one attached hydrogen (secondary N) is 2. The predicted molar refractivity (Wildman–Crippen MR) is 144 cm³/mol. The number of carbonyl (C=O) groups excluding carboxylic acids is 1. The quantitative estimate of drug-likeness (QED) is 0.408. The van der Waals surface area contributed by atoms with Crippen LogP contribution in [0.15, 0.2) is 60.8 Å². The molecular formula is C29H32N6O. The summed E-state index contributed by atoms with van der Waals surface area (Å²) < 4.78 is 0. The molecule has 2 atom stereocenters. The Bertz CT molecular complexity index is 1400. The molecule has 7 heteroatoms. The van der Waals surface area contributed by atoms with Crippen LogP contribution in [0.25, 0.3) is 22.6 Å². The van der Waals surface area contributed by atoms with Gasteiger partial charge < -0.3 is 15.2 Å². The monoisotopic (exact) mass is 480 g/mol. The molecule has 2 N–H and O–H groups in total. The summed E-state index contributed by atoms with van der Waals surface area (Å²) in [6, 6.07) is 19.0. The van der Waals surface area contributed by atoms with Crippen molar-refractivity contribution in [1.29, 1.82) is 0 Å². The van der Waals surface area contributed by atoms with Gasteiger partial charge in [-0.1, -0.05) is 6.07 Å². The van der Waals surface area contributed by atoms with Crippen molar-refractivity contribution in [2.24, 2.45) is 0 Å². The van der Waals surface area contributed by atoms with Crippen LogP contribution in [0.1, 0.15) is 42.1 Å². The molecule has 2 aliphatic rings. The van der Waals surface area contributed by atoms with Gasteiger partial charge in [0.2, 0.25) is 0 Å². The minimum atomic E-state index is -0.139. The van der Waals surface area contributed by atoms with Crippen LogP contribution < -0.4 is 10.2 Å². The number of pyridine rings is 1. The SMILES string of the molecule is Cc1cc(N2CCC(N3CCCC3C)C2)ccc1NC(=O)c1ccc2[nH]c(-c3ccccn3)nc2c1. The van der Waals surface area contributed by atoms with Gasteiger partial charge in [0.05, 0.1) is 11.0 Å². The fraction of sp³-hybridized carbons (Fsp3) is 0.345. The Labute approximate surface area is 211 Å². The number of anilines is 2. The van der Waals surface area contributed by atoms with E-state index in [0.29, 0.717) is 23.5 Å². The first-order valence-corrected chi connectivity index (χ1v) is 12.9. The van der Waals surface area contributed by atoms with Gasteiger partial charge >= 0.3 is 0 Å². The number of benzene rings is 2. The molecule has 184 valence electrons. The van der Waals surface area contributed by atoms with Crippen LogP contribution in [0.3, 0.4) is 0 Å². The van der Waals surface area contributed by atoms with Gasteiger partial charge in [0.25, 0.3) is 5.91 Å². The van der Waals surface area contributed by atoms with Gasteiger partial charge in [0.15, 0.2) is 5.82 Å². The van der Waals surface area contributed by atoms with Crippen LogP contribution in [0.4, 0.5) is 11.4 Å². The highest BCUT2D eigenvalue weighted by Gasteiger charge is 2.33. The van der Waals surface area contributed by atoms with E-state index in [9.17, 15) is 4.79 Å². The van der Waals surface area contributed by atoms with Crippen molar-refractivity contribution in [3.8, 4) is 11.5 Å². The lowest BCUT2D eigenvalue weighted by Crippen LogP contribution is -2.39. The Balaban J connectivity index is 1.15. The molecule has 4 aromatic rings. The highest BCUT2D eigenvalue weighted by molar-refractivity contribution is 6.06. The second-order valence-corrected chi connectivity index (χ2v) is 10.1. The second kappa shape index (κ2) is 9.39. The summed E-state index contributed by atoms with van der Waals surface area (Å²) in [5.41, 5.74) is 6.11. The zero-order chi connectivity index (χ0) is 24.6. The lowest BCUT2D eigenvalue weighted by Gasteiger charge is -2.28. The summed E-state index contributed by atoms with van der Waals surface area (Å²) in [6.07, 6.45) is 5.61. The molecule has 0 bridgehead atoms. The molecule has 36 heavy (non-hydrogen) atoms. The standard InChI is InChI=1S/C29H32N6O/c1-19-16-22(34-15-12-23(18-34)35-14-5-6-20(35)2)9-11-24(19)33-29(36)21-8-10-25-27(17-21)32-28(31-25)26-7-3-4-13-30-26/h3-4,7-11,13,16-17,20,23H,5-6,12,14-15,18H2,1-2H3,(H,31,32)(H,33,36). The predicted octanol–water partition coefficient (Wildman–Crippen LogP) is 5.25. The molecular weight excluding hydrogens is 448 g/mol. The number of imidazole rings is 1. The van der Waals surface area contributed by atoms with E-state index in [1.807, 2.05) is 42.5 Å². The van der Waals surface area contributed by atoms with Crippen LogP contribution in [0.2, 0.25) is 0 Å². The van der Waals surface area contributed by atoms with E-state index >= 15 is 0 Å². The van der Waals surface area contributed by atoms with Crippen molar-refractivity contribution in [2.75, 3.05) is 29.9 Å². The van der Waals surface area contributed by atoms with Crippen LogP contribution >= 0.6 is 0 Å². The number of hydrogen-bond acceptors (Lipinski definition) is 5. The number of nitrogens with zero attached hydrogens (tertiary/aromatic N) is 4. The minimum Gasteiger partial charge on any atom is -0.370 e. The van der Waals surface area contributed by atoms with Gasteiger partial charge in [0.1, 0.15) is 5.69 Å². The first kappa shape index (κ1) is 22.7. The third-order valence-corrected chi connectivity index (χ3v) is 7.71. The lowest BCUT2D eigenvalue weighted by molar-refractivity contribution is 0.102. The molecule has 0 spiro atoms. The zero-order valence-electron chi connectivity index (χ0n) is 20.9. The molecule has 2 fully saturated rings. The third-order valence-electron chi connectivity index (χ3n) is 7.71. The van der Waals surface area contributed by atoms with E-state index in [2.05, 4.69) is 56.0 Å². The topological polar surface area (TPSA) is 77.1 Å². The number of H-pyrrole nitrogens is 1. The van der Waals surface area contributed by atoms with Gasteiger partial charge in [-0.15, -0.1) is 0 Å².